The van der Waals surface area contributed by atoms with E-state index in [2.05, 4.69) is 4.98 Å². The van der Waals surface area contributed by atoms with Crippen molar-refractivity contribution >= 4 is 22.7 Å². The lowest BCUT2D eigenvalue weighted by Gasteiger charge is -2.13. The number of H-pyrrole nitrogens is 1. The number of aromatic nitrogens is 1. The molecule has 28 heavy (non-hydrogen) atoms. The minimum atomic E-state index is -0.500. The van der Waals surface area contributed by atoms with Crippen LogP contribution in [0.1, 0.15) is 11.1 Å². The Labute approximate surface area is 166 Å². The van der Waals surface area contributed by atoms with Crippen molar-refractivity contribution < 1.29 is 9.13 Å². The highest BCUT2D eigenvalue weighted by Gasteiger charge is 2.16. The highest BCUT2D eigenvalue weighted by Crippen LogP contribution is 2.38. The largest absolute Gasteiger partial charge is 0.484 e. The summed E-state index contributed by atoms with van der Waals surface area (Å²) < 4.78 is 20.7. The maximum absolute atomic E-state index is 14.9. The molecule has 0 bridgehead atoms. The lowest BCUT2D eigenvalue weighted by atomic mass is 10.2. The minimum Gasteiger partial charge on any atom is -0.484 e. The summed E-state index contributed by atoms with van der Waals surface area (Å²) in [7, 11) is 0. The van der Waals surface area contributed by atoms with Crippen molar-refractivity contribution in [3.63, 3.8) is 0 Å². The number of halogens is 1. The molecule has 0 saturated heterocycles. The SMILES string of the molecule is Cc1ccc(Sc2cc(F)c(OCc3ccccc3)c3[nH]c(=O)ccc23)cc1. The number of pyridine rings is 1. The van der Waals surface area contributed by atoms with Crippen LogP contribution in [0, 0.1) is 12.7 Å². The predicted molar refractivity (Wildman–Crippen MR) is 111 cm³/mol. The minimum absolute atomic E-state index is 0.0600. The van der Waals surface area contributed by atoms with Gasteiger partial charge in [-0.15, -0.1) is 0 Å². The standard InChI is InChI=1S/C23H18FNO2S/c1-15-7-9-17(10-8-15)28-20-13-19(24)23(22-18(20)11-12-21(26)25-22)27-14-16-5-3-2-4-6-16/h2-13H,14H2,1H3,(H,25,26). The van der Waals surface area contributed by atoms with Crippen LogP contribution in [0.2, 0.25) is 0 Å². The molecule has 5 heteroatoms. The number of ether oxygens (including phenoxy) is 1. The number of benzene rings is 3. The van der Waals surface area contributed by atoms with E-state index in [1.165, 1.54) is 23.9 Å². The molecular weight excluding hydrogens is 373 g/mol. The van der Waals surface area contributed by atoms with Gasteiger partial charge in [-0.25, -0.2) is 4.39 Å². The van der Waals surface area contributed by atoms with Gasteiger partial charge in [0.1, 0.15) is 6.61 Å². The van der Waals surface area contributed by atoms with Crippen molar-refractivity contribution in [3.8, 4) is 5.75 Å². The van der Waals surface area contributed by atoms with Gasteiger partial charge in [-0.3, -0.25) is 4.79 Å². The summed E-state index contributed by atoms with van der Waals surface area (Å²) in [5.41, 5.74) is 2.16. The normalized spacial score (nSPS) is 10.9. The van der Waals surface area contributed by atoms with Gasteiger partial charge >= 0.3 is 0 Å². The van der Waals surface area contributed by atoms with Crippen LogP contribution in [0.25, 0.3) is 10.9 Å². The highest BCUT2D eigenvalue weighted by atomic mass is 32.2. The van der Waals surface area contributed by atoms with Crippen LogP contribution in [-0.2, 0) is 6.61 Å². The molecule has 1 aromatic heterocycles. The fourth-order valence-corrected chi connectivity index (χ4v) is 3.89. The molecule has 1 heterocycles. The maximum Gasteiger partial charge on any atom is 0.248 e. The van der Waals surface area contributed by atoms with E-state index in [4.69, 9.17) is 4.74 Å². The van der Waals surface area contributed by atoms with Crippen LogP contribution < -0.4 is 10.3 Å². The summed E-state index contributed by atoms with van der Waals surface area (Å²) >= 11 is 1.45. The fourth-order valence-electron chi connectivity index (χ4n) is 2.93. The molecule has 0 spiro atoms. The first-order valence-corrected chi connectivity index (χ1v) is 9.68. The van der Waals surface area contributed by atoms with Gasteiger partial charge in [-0.1, -0.05) is 59.8 Å². The van der Waals surface area contributed by atoms with Crippen LogP contribution >= 0.6 is 11.8 Å². The summed E-state index contributed by atoms with van der Waals surface area (Å²) in [5.74, 6) is -0.440. The lowest BCUT2D eigenvalue weighted by molar-refractivity contribution is 0.293. The van der Waals surface area contributed by atoms with Gasteiger partial charge in [-0.2, -0.15) is 0 Å². The molecule has 0 atom stereocenters. The Morgan fingerprint density at radius 2 is 1.75 bits per heavy atom. The Morgan fingerprint density at radius 3 is 2.50 bits per heavy atom. The van der Waals surface area contributed by atoms with Gasteiger partial charge in [0.25, 0.3) is 0 Å². The summed E-state index contributed by atoms with van der Waals surface area (Å²) in [6, 6.07) is 22.2. The molecule has 4 rings (SSSR count). The first-order valence-electron chi connectivity index (χ1n) is 8.87. The van der Waals surface area contributed by atoms with E-state index < -0.39 is 5.82 Å². The summed E-state index contributed by atoms with van der Waals surface area (Å²) in [6.45, 7) is 2.24. The zero-order valence-electron chi connectivity index (χ0n) is 15.2. The Bertz CT molecular complexity index is 1170. The van der Waals surface area contributed by atoms with Crippen molar-refractivity contribution in [2.75, 3.05) is 0 Å². The van der Waals surface area contributed by atoms with Crippen molar-refractivity contribution in [2.45, 2.75) is 23.3 Å². The van der Waals surface area contributed by atoms with E-state index in [1.807, 2.05) is 61.5 Å². The number of aryl methyl sites for hydroxylation is 1. The first-order chi connectivity index (χ1) is 13.6. The number of nitrogens with one attached hydrogen (secondary N) is 1. The summed E-state index contributed by atoms with van der Waals surface area (Å²) in [5, 5.41) is 0.745. The molecule has 140 valence electrons. The van der Waals surface area contributed by atoms with Gasteiger partial charge in [-0.05, 0) is 36.8 Å². The van der Waals surface area contributed by atoms with Gasteiger partial charge in [0.2, 0.25) is 5.56 Å². The summed E-state index contributed by atoms with van der Waals surface area (Å²) in [4.78, 5) is 16.3. The van der Waals surface area contributed by atoms with E-state index >= 15 is 0 Å². The molecule has 0 radical (unpaired) electrons. The topological polar surface area (TPSA) is 42.1 Å². The molecule has 4 aromatic rings. The number of fused-ring (bicyclic) bond motifs is 1. The van der Waals surface area contributed by atoms with Gasteiger partial charge in [0.15, 0.2) is 11.6 Å². The molecular formula is C23H18FNO2S. The number of rotatable bonds is 5. The van der Waals surface area contributed by atoms with E-state index in [0.717, 1.165) is 26.3 Å². The number of aromatic amines is 1. The van der Waals surface area contributed by atoms with Crippen molar-refractivity contribution in [1.82, 2.24) is 4.98 Å². The zero-order valence-corrected chi connectivity index (χ0v) is 16.1. The van der Waals surface area contributed by atoms with E-state index in [-0.39, 0.29) is 17.9 Å². The average molecular weight is 391 g/mol. The zero-order chi connectivity index (χ0) is 19.5. The Hall–Kier alpha value is -3.05. The quantitative estimate of drug-likeness (QED) is 0.474. The molecule has 0 aliphatic heterocycles. The van der Waals surface area contributed by atoms with E-state index in [1.54, 1.807) is 6.07 Å². The van der Waals surface area contributed by atoms with Gasteiger partial charge in [0, 0.05) is 21.2 Å². The predicted octanol–water partition coefficient (Wildman–Crippen LogP) is 5.71. The molecule has 1 N–H and O–H groups in total. The Kier molecular flexibility index (Phi) is 5.17. The molecule has 0 unspecified atom stereocenters. The third-order valence-electron chi connectivity index (χ3n) is 4.36. The monoisotopic (exact) mass is 391 g/mol. The lowest BCUT2D eigenvalue weighted by Crippen LogP contribution is -2.06. The van der Waals surface area contributed by atoms with E-state index in [0.29, 0.717) is 5.52 Å². The third-order valence-corrected chi connectivity index (χ3v) is 5.43. The molecule has 0 fully saturated rings. The molecule has 3 nitrogen and oxygen atoms in total. The number of hydrogen-bond donors (Lipinski definition) is 1. The van der Waals surface area contributed by atoms with Crippen molar-refractivity contribution in [2.24, 2.45) is 0 Å². The summed E-state index contributed by atoms with van der Waals surface area (Å²) in [6.07, 6.45) is 0. The van der Waals surface area contributed by atoms with Crippen LogP contribution in [0.5, 0.6) is 5.75 Å². The molecule has 0 aliphatic rings. The second kappa shape index (κ2) is 7.90. The fraction of sp³-hybridized carbons (Fsp3) is 0.0870. The first kappa shape index (κ1) is 18.3. The van der Waals surface area contributed by atoms with Crippen LogP contribution in [-0.4, -0.2) is 4.98 Å². The van der Waals surface area contributed by atoms with Crippen molar-refractivity contribution in [1.29, 1.82) is 0 Å². The molecule has 0 amide bonds. The molecule has 3 aromatic carbocycles. The average Bonchev–Trinajstić information content (AvgIpc) is 2.70. The second-order valence-electron chi connectivity index (χ2n) is 6.49. The third kappa shape index (κ3) is 3.94. The highest BCUT2D eigenvalue weighted by molar-refractivity contribution is 7.99. The van der Waals surface area contributed by atoms with Gasteiger partial charge in [0.05, 0.1) is 5.52 Å². The van der Waals surface area contributed by atoms with Crippen LogP contribution in [0.15, 0.2) is 87.4 Å². The molecule has 0 aliphatic carbocycles. The van der Waals surface area contributed by atoms with Crippen LogP contribution in [0.4, 0.5) is 4.39 Å². The maximum atomic E-state index is 14.9. The van der Waals surface area contributed by atoms with E-state index in [9.17, 15) is 9.18 Å². The Morgan fingerprint density at radius 1 is 1.00 bits per heavy atom. The van der Waals surface area contributed by atoms with Gasteiger partial charge < -0.3 is 9.72 Å². The van der Waals surface area contributed by atoms with Crippen LogP contribution in [0.3, 0.4) is 0 Å². The number of hydrogen-bond acceptors (Lipinski definition) is 3. The smallest absolute Gasteiger partial charge is 0.248 e. The Balaban J connectivity index is 1.74. The molecule has 0 saturated carbocycles. The van der Waals surface area contributed by atoms with Crippen molar-refractivity contribution in [3.05, 3.63) is 100 Å². The second-order valence-corrected chi connectivity index (χ2v) is 7.60.